The Morgan fingerprint density at radius 3 is 2.30 bits per heavy atom. The van der Waals surface area contributed by atoms with Gasteiger partial charge in [-0.3, -0.25) is 4.79 Å². The van der Waals surface area contributed by atoms with E-state index in [2.05, 4.69) is 5.32 Å². The van der Waals surface area contributed by atoms with E-state index in [0.717, 1.165) is 12.1 Å². The quantitative estimate of drug-likeness (QED) is 0.802. The number of nitrogens with two attached hydrogens (primary N) is 1. The summed E-state index contributed by atoms with van der Waals surface area (Å²) in [6, 6.07) is 8.09. The fourth-order valence-corrected chi connectivity index (χ4v) is 2.94. The topological polar surface area (TPSA) is 89.3 Å². The lowest BCUT2D eigenvalue weighted by Gasteiger charge is -2.08. The predicted octanol–water partition coefficient (Wildman–Crippen LogP) is 3.17. The van der Waals surface area contributed by atoms with Crippen LogP contribution in [-0.2, 0) is 15.8 Å². The zero-order valence-corrected chi connectivity index (χ0v) is 13.8. The number of anilines is 1. The van der Waals surface area contributed by atoms with Gasteiger partial charge in [-0.05, 0) is 29.8 Å². The first-order valence-corrected chi connectivity index (χ1v) is 8.68. The first-order valence-electron chi connectivity index (χ1n) is 6.21. The molecule has 3 N–H and O–H groups in total. The molecule has 2 aromatic carbocycles. The van der Waals surface area contributed by atoms with Crippen LogP contribution in [0.1, 0.15) is 15.9 Å². The van der Waals surface area contributed by atoms with E-state index in [1.807, 2.05) is 0 Å². The highest BCUT2D eigenvalue weighted by molar-refractivity contribution is 7.88. The number of amides is 1. The molecule has 0 atom stereocenters. The third kappa shape index (κ3) is 4.90. The van der Waals surface area contributed by atoms with Crippen molar-refractivity contribution < 1.29 is 17.6 Å². The molecule has 0 radical (unpaired) electrons. The number of hydrogen-bond acceptors (Lipinski definition) is 3. The molecule has 2 rings (SSSR count). The van der Waals surface area contributed by atoms with Crippen molar-refractivity contribution in [2.24, 2.45) is 5.14 Å². The van der Waals surface area contributed by atoms with Crippen molar-refractivity contribution in [1.82, 2.24) is 0 Å². The highest BCUT2D eigenvalue weighted by atomic mass is 35.5. The molecule has 0 aliphatic rings. The van der Waals surface area contributed by atoms with E-state index in [1.165, 1.54) is 24.3 Å². The van der Waals surface area contributed by atoms with Crippen LogP contribution in [0, 0.1) is 5.82 Å². The molecule has 23 heavy (non-hydrogen) atoms. The van der Waals surface area contributed by atoms with E-state index < -0.39 is 21.7 Å². The second-order valence-corrected chi connectivity index (χ2v) is 7.13. The summed E-state index contributed by atoms with van der Waals surface area (Å²) in [5.41, 5.74) is 0.794. The minimum Gasteiger partial charge on any atom is -0.322 e. The molecule has 0 aliphatic heterocycles. The zero-order valence-electron chi connectivity index (χ0n) is 11.5. The molecule has 0 spiro atoms. The normalized spacial score (nSPS) is 11.3. The van der Waals surface area contributed by atoms with Crippen LogP contribution in [0.25, 0.3) is 0 Å². The summed E-state index contributed by atoms with van der Waals surface area (Å²) in [5, 5.41) is 7.30. The van der Waals surface area contributed by atoms with Crippen molar-refractivity contribution in [3.63, 3.8) is 0 Å². The smallest absolute Gasteiger partial charge is 0.257 e. The largest absolute Gasteiger partial charge is 0.322 e. The predicted molar refractivity (Wildman–Crippen MR) is 87.6 cm³/mol. The molecule has 0 aliphatic carbocycles. The van der Waals surface area contributed by atoms with Gasteiger partial charge in [-0.2, -0.15) is 0 Å². The summed E-state index contributed by atoms with van der Waals surface area (Å²) in [6.45, 7) is 0. The maximum atomic E-state index is 13.4. The lowest BCUT2D eigenvalue weighted by molar-refractivity contribution is 0.102. The van der Waals surface area contributed by atoms with Crippen LogP contribution in [0.15, 0.2) is 36.4 Å². The molecule has 9 heteroatoms. The number of carbonyl (C=O) groups is 1. The van der Waals surface area contributed by atoms with Gasteiger partial charge >= 0.3 is 0 Å². The average Bonchev–Trinajstić information content (AvgIpc) is 2.43. The molecule has 1 amide bonds. The minimum atomic E-state index is -3.63. The van der Waals surface area contributed by atoms with Crippen molar-refractivity contribution in [1.29, 1.82) is 0 Å². The van der Waals surface area contributed by atoms with Gasteiger partial charge < -0.3 is 5.32 Å². The molecule has 0 aromatic heterocycles. The molecule has 0 fully saturated rings. The second-order valence-electron chi connectivity index (χ2n) is 4.70. The lowest BCUT2D eigenvalue weighted by atomic mass is 10.2. The second kappa shape index (κ2) is 6.84. The molecule has 122 valence electrons. The Morgan fingerprint density at radius 1 is 1.13 bits per heavy atom. The van der Waals surface area contributed by atoms with Gasteiger partial charge in [0.2, 0.25) is 10.0 Å². The van der Waals surface area contributed by atoms with Gasteiger partial charge in [0.1, 0.15) is 5.82 Å². The van der Waals surface area contributed by atoms with Gasteiger partial charge in [0.25, 0.3) is 5.91 Å². The Kier molecular flexibility index (Phi) is 5.26. The number of rotatable bonds is 4. The van der Waals surface area contributed by atoms with E-state index in [1.54, 1.807) is 0 Å². The number of primary sulfonamides is 1. The van der Waals surface area contributed by atoms with Crippen molar-refractivity contribution in [2.75, 3.05) is 5.32 Å². The van der Waals surface area contributed by atoms with Gasteiger partial charge in [-0.25, -0.2) is 17.9 Å². The van der Waals surface area contributed by atoms with Crippen LogP contribution >= 0.6 is 23.2 Å². The number of hydrogen-bond donors (Lipinski definition) is 2. The molecule has 0 saturated heterocycles. The van der Waals surface area contributed by atoms with Crippen molar-refractivity contribution in [3.8, 4) is 0 Å². The molecular formula is C14H11Cl2FN2O3S. The van der Waals surface area contributed by atoms with E-state index in [4.69, 9.17) is 28.3 Å². The van der Waals surface area contributed by atoms with Crippen LogP contribution < -0.4 is 10.5 Å². The standard InChI is InChI=1S/C14H11Cl2FN2O3S/c15-11-6-12(16)13(17)5-10(11)14(20)19-9-3-1-8(2-4-9)7-23(18,21)22/h1-6H,7H2,(H,19,20)(H2,18,21,22). The Morgan fingerprint density at radius 2 is 1.74 bits per heavy atom. The van der Waals surface area contributed by atoms with E-state index >= 15 is 0 Å². The van der Waals surface area contributed by atoms with Crippen molar-refractivity contribution in [3.05, 3.63) is 63.4 Å². The fourth-order valence-electron chi connectivity index (χ4n) is 1.81. The number of carbonyl (C=O) groups excluding carboxylic acids is 1. The Hall–Kier alpha value is -1.67. The van der Waals surface area contributed by atoms with Crippen LogP contribution in [0.2, 0.25) is 10.0 Å². The maximum absolute atomic E-state index is 13.4. The summed E-state index contributed by atoms with van der Waals surface area (Å²) in [4.78, 5) is 12.1. The summed E-state index contributed by atoms with van der Waals surface area (Å²) >= 11 is 11.4. The number of nitrogens with one attached hydrogen (secondary N) is 1. The molecule has 0 heterocycles. The highest BCUT2D eigenvalue weighted by Crippen LogP contribution is 2.25. The highest BCUT2D eigenvalue weighted by Gasteiger charge is 2.14. The Balaban J connectivity index is 2.16. The molecule has 0 bridgehead atoms. The molecule has 0 saturated carbocycles. The minimum absolute atomic E-state index is 0.0137. The third-order valence-electron chi connectivity index (χ3n) is 2.83. The third-order valence-corrected chi connectivity index (χ3v) is 4.17. The molecular weight excluding hydrogens is 366 g/mol. The number of benzene rings is 2. The van der Waals surface area contributed by atoms with Gasteiger partial charge in [0, 0.05) is 5.69 Å². The van der Waals surface area contributed by atoms with Crippen LogP contribution in [-0.4, -0.2) is 14.3 Å². The average molecular weight is 377 g/mol. The first-order chi connectivity index (χ1) is 10.7. The van der Waals surface area contributed by atoms with E-state index in [-0.39, 0.29) is 21.4 Å². The van der Waals surface area contributed by atoms with Crippen LogP contribution in [0.3, 0.4) is 0 Å². The lowest BCUT2D eigenvalue weighted by Crippen LogP contribution is -2.15. The van der Waals surface area contributed by atoms with Gasteiger partial charge in [-0.15, -0.1) is 0 Å². The van der Waals surface area contributed by atoms with Gasteiger partial charge in [-0.1, -0.05) is 35.3 Å². The molecule has 5 nitrogen and oxygen atoms in total. The summed E-state index contributed by atoms with van der Waals surface area (Å²) in [5.74, 6) is -1.69. The van der Waals surface area contributed by atoms with Gasteiger partial charge in [0.15, 0.2) is 0 Å². The SMILES string of the molecule is NS(=O)(=O)Cc1ccc(NC(=O)c2cc(F)c(Cl)cc2Cl)cc1. The van der Waals surface area contributed by atoms with Crippen molar-refractivity contribution >= 4 is 44.8 Å². The summed E-state index contributed by atoms with van der Waals surface area (Å²) in [7, 11) is -3.63. The molecule has 0 unspecified atom stereocenters. The van der Waals surface area contributed by atoms with E-state index in [0.29, 0.717) is 11.3 Å². The molecule has 2 aromatic rings. The zero-order chi connectivity index (χ0) is 17.2. The van der Waals surface area contributed by atoms with Gasteiger partial charge in [0.05, 0.1) is 21.4 Å². The maximum Gasteiger partial charge on any atom is 0.257 e. The van der Waals surface area contributed by atoms with E-state index in [9.17, 15) is 17.6 Å². The Bertz CT molecular complexity index is 855. The first kappa shape index (κ1) is 17.7. The fraction of sp³-hybridized carbons (Fsp3) is 0.0714. The Labute approximate surface area is 142 Å². The van der Waals surface area contributed by atoms with Crippen molar-refractivity contribution in [2.45, 2.75) is 5.75 Å². The van der Waals surface area contributed by atoms with Crippen LogP contribution in [0.5, 0.6) is 0 Å². The number of sulfonamides is 1. The summed E-state index contributed by atoms with van der Waals surface area (Å²) in [6.07, 6.45) is 0. The monoisotopic (exact) mass is 376 g/mol. The summed E-state index contributed by atoms with van der Waals surface area (Å²) < 4.78 is 35.4. The van der Waals surface area contributed by atoms with Crippen LogP contribution in [0.4, 0.5) is 10.1 Å². The number of halogens is 3.